The van der Waals surface area contributed by atoms with Crippen LogP contribution in [-0.4, -0.2) is 0 Å². The van der Waals surface area contributed by atoms with E-state index in [-0.39, 0.29) is 0 Å². The zero-order valence-corrected chi connectivity index (χ0v) is 27.4. The molecule has 9 rings (SSSR count). The van der Waals surface area contributed by atoms with Gasteiger partial charge in [0.2, 0.25) is 0 Å². The molecule has 0 fully saturated rings. The fourth-order valence-corrected chi connectivity index (χ4v) is 6.97. The number of nitrogens with zero attached hydrogens (tertiary/aromatic N) is 1. The van der Waals surface area contributed by atoms with Gasteiger partial charge in [0.25, 0.3) is 0 Å². The number of anilines is 3. The lowest BCUT2D eigenvalue weighted by molar-refractivity contribution is 0.631. The number of benzene rings is 8. The van der Waals surface area contributed by atoms with Crippen molar-refractivity contribution in [1.29, 1.82) is 0 Å². The quantitative estimate of drug-likeness (QED) is 0.173. The molecular weight excluding hydrogens is 607 g/mol. The Balaban J connectivity index is 1.23. The fraction of sp³-hybridized carbons (Fsp3) is 0. The molecule has 236 valence electrons. The van der Waals surface area contributed by atoms with Gasteiger partial charge >= 0.3 is 0 Å². The second-order valence-electron chi connectivity index (χ2n) is 12.6. The first-order valence-corrected chi connectivity index (χ1v) is 17.0. The monoisotopic (exact) mass is 639 g/mol. The molecule has 9 aromatic rings. The van der Waals surface area contributed by atoms with Crippen molar-refractivity contribution in [1.82, 2.24) is 0 Å². The third-order valence-electron chi connectivity index (χ3n) is 9.43. The molecule has 2 heteroatoms. The predicted octanol–water partition coefficient (Wildman–Crippen LogP) is 13.7. The van der Waals surface area contributed by atoms with Crippen LogP contribution in [0.4, 0.5) is 17.1 Å². The van der Waals surface area contributed by atoms with Crippen LogP contribution in [0.3, 0.4) is 0 Å². The van der Waals surface area contributed by atoms with Crippen molar-refractivity contribution in [2.75, 3.05) is 4.90 Å². The van der Waals surface area contributed by atoms with Crippen LogP contribution in [0.5, 0.6) is 0 Å². The molecule has 0 unspecified atom stereocenters. The van der Waals surface area contributed by atoms with E-state index in [9.17, 15) is 0 Å². The molecule has 0 spiro atoms. The maximum atomic E-state index is 6.34. The van der Waals surface area contributed by atoms with Crippen LogP contribution >= 0.6 is 0 Å². The number of fused-ring (bicyclic) bond motifs is 2. The minimum absolute atomic E-state index is 0.849. The molecule has 2 nitrogen and oxygen atoms in total. The lowest BCUT2D eigenvalue weighted by Gasteiger charge is -2.27. The van der Waals surface area contributed by atoms with Gasteiger partial charge in [-0.3, -0.25) is 0 Å². The molecule has 0 radical (unpaired) electrons. The second kappa shape index (κ2) is 12.8. The van der Waals surface area contributed by atoms with Gasteiger partial charge in [0.1, 0.15) is 11.3 Å². The molecule has 0 aliphatic carbocycles. The highest BCUT2D eigenvalue weighted by Gasteiger charge is 2.18. The topological polar surface area (TPSA) is 16.4 Å². The predicted molar refractivity (Wildman–Crippen MR) is 210 cm³/mol. The third kappa shape index (κ3) is 5.63. The highest BCUT2D eigenvalue weighted by Crippen LogP contribution is 2.42. The van der Waals surface area contributed by atoms with Crippen LogP contribution in [-0.2, 0) is 0 Å². The fourth-order valence-electron chi connectivity index (χ4n) is 6.97. The first-order chi connectivity index (χ1) is 24.8. The molecule has 50 heavy (non-hydrogen) atoms. The minimum atomic E-state index is 0.849. The van der Waals surface area contributed by atoms with Gasteiger partial charge in [-0.05, 0) is 98.8 Å². The first kappa shape index (κ1) is 29.5. The van der Waals surface area contributed by atoms with Gasteiger partial charge in [-0.2, -0.15) is 0 Å². The third-order valence-corrected chi connectivity index (χ3v) is 9.43. The van der Waals surface area contributed by atoms with E-state index in [4.69, 9.17) is 4.42 Å². The zero-order valence-electron chi connectivity index (χ0n) is 27.4. The van der Waals surface area contributed by atoms with Gasteiger partial charge in [0.15, 0.2) is 0 Å². The molecule has 8 aromatic carbocycles. The molecule has 1 heterocycles. The van der Waals surface area contributed by atoms with Gasteiger partial charge in [-0.15, -0.1) is 0 Å². The number of hydrogen-bond donors (Lipinski definition) is 0. The van der Waals surface area contributed by atoms with Crippen molar-refractivity contribution >= 4 is 38.8 Å². The van der Waals surface area contributed by atoms with Crippen molar-refractivity contribution in [2.45, 2.75) is 0 Å². The molecule has 0 aliphatic rings. The van der Waals surface area contributed by atoms with E-state index in [2.05, 4.69) is 187 Å². The van der Waals surface area contributed by atoms with E-state index >= 15 is 0 Å². The lowest BCUT2D eigenvalue weighted by atomic mass is 9.96. The van der Waals surface area contributed by atoms with E-state index in [1.54, 1.807) is 0 Å². The SMILES string of the molecule is c1ccc(-c2cc(-c3ccccc3)cc(N(c3ccc(-c4cccc5ccccc45)cc3)c3cccc(-c4cc5ccccc5o4)c3)c2)cc1. The molecule has 0 N–H and O–H groups in total. The van der Waals surface area contributed by atoms with E-state index < -0.39 is 0 Å². The molecule has 0 bridgehead atoms. The average molecular weight is 640 g/mol. The Bertz CT molecular complexity index is 2490. The van der Waals surface area contributed by atoms with Crippen LogP contribution in [0.15, 0.2) is 205 Å². The summed E-state index contributed by atoms with van der Waals surface area (Å²) in [6.45, 7) is 0. The normalized spacial score (nSPS) is 11.2. The number of rotatable bonds is 7. The van der Waals surface area contributed by atoms with Crippen LogP contribution in [0.2, 0.25) is 0 Å². The van der Waals surface area contributed by atoms with Crippen LogP contribution in [0, 0.1) is 0 Å². The highest BCUT2D eigenvalue weighted by atomic mass is 16.3. The second-order valence-corrected chi connectivity index (χ2v) is 12.6. The van der Waals surface area contributed by atoms with Crippen molar-refractivity contribution in [3.05, 3.63) is 200 Å². The van der Waals surface area contributed by atoms with Crippen LogP contribution in [0.1, 0.15) is 0 Å². The Morgan fingerprint density at radius 2 is 0.900 bits per heavy atom. The van der Waals surface area contributed by atoms with Gasteiger partial charge in [-0.1, -0.05) is 146 Å². The van der Waals surface area contributed by atoms with Gasteiger partial charge in [0, 0.05) is 28.0 Å². The molecule has 0 aliphatic heterocycles. The minimum Gasteiger partial charge on any atom is -0.456 e. The molecule has 0 amide bonds. The van der Waals surface area contributed by atoms with Gasteiger partial charge in [0.05, 0.1) is 0 Å². The number of hydrogen-bond acceptors (Lipinski definition) is 2. The van der Waals surface area contributed by atoms with E-state index in [0.717, 1.165) is 50.5 Å². The Morgan fingerprint density at radius 1 is 0.320 bits per heavy atom. The maximum absolute atomic E-state index is 6.34. The highest BCUT2D eigenvalue weighted by molar-refractivity contribution is 5.97. The van der Waals surface area contributed by atoms with Gasteiger partial charge < -0.3 is 9.32 Å². The Kier molecular flexibility index (Phi) is 7.53. The van der Waals surface area contributed by atoms with Crippen LogP contribution in [0.25, 0.3) is 66.4 Å². The number of furan rings is 1. The summed E-state index contributed by atoms with van der Waals surface area (Å²) < 4.78 is 6.34. The molecule has 0 saturated heterocycles. The van der Waals surface area contributed by atoms with Crippen molar-refractivity contribution < 1.29 is 4.42 Å². The average Bonchev–Trinajstić information content (AvgIpc) is 3.64. The van der Waals surface area contributed by atoms with Crippen molar-refractivity contribution in [3.63, 3.8) is 0 Å². The largest absolute Gasteiger partial charge is 0.456 e. The standard InChI is InChI=1S/C48H33NO/c1-3-13-34(14-4-1)40-29-41(35-15-5-2-6-16-35)32-44(31-40)49(43-21-11-20-38(30-43)48-33-39-18-8-10-24-47(39)50-48)42-27-25-37(26-28-42)46-23-12-19-36-17-7-9-22-45(36)46/h1-33H. The molecule has 1 aromatic heterocycles. The zero-order chi connectivity index (χ0) is 33.3. The summed E-state index contributed by atoms with van der Waals surface area (Å²) in [6, 6.07) is 71.2. The smallest absolute Gasteiger partial charge is 0.135 e. The Morgan fingerprint density at radius 3 is 1.62 bits per heavy atom. The van der Waals surface area contributed by atoms with Gasteiger partial charge in [-0.25, -0.2) is 0 Å². The summed E-state index contributed by atoms with van der Waals surface area (Å²) in [5.41, 5.74) is 12.2. The summed E-state index contributed by atoms with van der Waals surface area (Å²) in [7, 11) is 0. The van der Waals surface area contributed by atoms with Crippen LogP contribution < -0.4 is 4.90 Å². The summed E-state index contributed by atoms with van der Waals surface area (Å²) in [4.78, 5) is 2.36. The van der Waals surface area contributed by atoms with E-state index in [1.807, 2.05) is 18.2 Å². The summed E-state index contributed by atoms with van der Waals surface area (Å²) in [5.74, 6) is 0.849. The molecule has 0 atom stereocenters. The summed E-state index contributed by atoms with van der Waals surface area (Å²) >= 11 is 0. The molecule has 0 saturated carbocycles. The van der Waals surface area contributed by atoms with Crippen molar-refractivity contribution in [3.8, 4) is 44.7 Å². The summed E-state index contributed by atoms with van der Waals surface area (Å²) in [5, 5.41) is 3.59. The van der Waals surface area contributed by atoms with Crippen molar-refractivity contribution in [2.24, 2.45) is 0 Å². The number of para-hydroxylation sites is 1. The lowest BCUT2D eigenvalue weighted by Crippen LogP contribution is -2.10. The van der Waals surface area contributed by atoms with E-state index in [1.165, 1.54) is 33.0 Å². The Labute approximate surface area is 292 Å². The first-order valence-electron chi connectivity index (χ1n) is 17.0. The Hall–Kier alpha value is -6.64. The van der Waals surface area contributed by atoms with E-state index in [0.29, 0.717) is 0 Å². The maximum Gasteiger partial charge on any atom is 0.135 e. The molecular formula is C48H33NO. The summed E-state index contributed by atoms with van der Waals surface area (Å²) in [6.07, 6.45) is 0.